The van der Waals surface area contributed by atoms with E-state index in [9.17, 15) is 9.59 Å². The minimum Gasteiger partial charge on any atom is -0.462 e. The van der Waals surface area contributed by atoms with Crippen LogP contribution in [0, 0.1) is 5.92 Å². The van der Waals surface area contributed by atoms with Crippen molar-refractivity contribution in [1.82, 2.24) is 5.32 Å². The summed E-state index contributed by atoms with van der Waals surface area (Å²) in [5, 5.41) is 10.8. The maximum Gasteiger partial charge on any atom is 0.328 e. The first-order chi connectivity index (χ1) is 8.02. The van der Waals surface area contributed by atoms with Crippen molar-refractivity contribution in [1.29, 1.82) is 0 Å². The van der Waals surface area contributed by atoms with Gasteiger partial charge < -0.3 is 25.6 Å². The van der Waals surface area contributed by atoms with Gasteiger partial charge >= 0.3 is 5.97 Å². The summed E-state index contributed by atoms with van der Waals surface area (Å²) in [7, 11) is 0. The van der Waals surface area contributed by atoms with Gasteiger partial charge in [-0.15, -0.1) is 0 Å². The van der Waals surface area contributed by atoms with E-state index in [1.165, 1.54) is 0 Å². The van der Waals surface area contributed by atoms with Gasteiger partial charge in [-0.3, -0.25) is 4.79 Å². The van der Waals surface area contributed by atoms with Crippen LogP contribution in [-0.2, 0) is 19.1 Å². The van der Waals surface area contributed by atoms with Crippen LogP contribution in [0.1, 0.15) is 13.8 Å². The lowest BCUT2D eigenvalue weighted by molar-refractivity contribution is -0.151. The number of aliphatic hydroxyl groups excluding tert-OH is 1. The van der Waals surface area contributed by atoms with E-state index in [0.29, 0.717) is 0 Å². The number of esters is 1. The first-order valence-electron chi connectivity index (χ1n) is 5.37. The molecule has 7 heteroatoms. The molecule has 1 atom stereocenters. The van der Waals surface area contributed by atoms with Gasteiger partial charge in [0.2, 0.25) is 5.91 Å². The summed E-state index contributed by atoms with van der Waals surface area (Å²) in [6.45, 7) is 3.11. The zero-order chi connectivity index (χ0) is 13.3. The molecule has 0 heterocycles. The largest absolute Gasteiger partial charge is 0.462 e. The van der Waals surface area contributed by atoms with Gasteiger partial charge in [0.1, 0.15) is 19.4 Å². The summed E-state index contributed by atoms with van der Waals surface area (Å²) in [5.74, 6) is -1.05. The van der Waals surface area contributed by atoms with Gasteiger partial charge in [-0.1, -0.05) is 13.8 Å². The molecule has 0 spiro atoms. The van der Waals surface area contributed by atoms with Gasteiger partial charge in [0.25, 0.3) is 0 Å². The van der Waals surface area contributed by atoms with Crippen LogP contribution in [0.5, 0.6) is 0 Å². The van der Waals surface area contributed by atoms with Crippen molar-refractivity contribution in [2.45, 2.75) is 19.9 Å². The molecule has 0 aliphatic carbocycles. The molecule has 0 saturated heterocycles. The zero-order valence-corrected chi connectivity index (χ0v) is 10.1. The molecule has 0 rings (SSSR count). The zero-order valence-electron chi connectivity index (χ0n) is 10.1. The van der Waals surface area contributed by atoms with E-state index in [0.717, 1.165) is 0 Å². The molecular formula is C10H20N2O5. The van der Waals surface area contributed by atoms with E-state index >= 15 is 0 Å². The Labute approximate surface area is 100 Å². The lowest BCUT2D eigenvalue weighted by Gasteiger charge is -2.20. The van der Waals surface area contributed by atoms with Gasteiger partial charge in [-0.2, -0.15) is 0 Å². The molecule has 0 aromatic rings. The summed E-state index contributed by atoms with van der Waals surface area (Å²) in [6, 6.07) is -0.722. The Morgan fingerprint density at radius 2 is 2.00 bits per heavy atom. The highest BCUT2D eigenvalue weighted by Crippen LogP contribution is 2.03. The van der Waals surface area contributed by atoms with Crippen LogP contribution in [0.25, 0.3) is 0 Å². The number of rotatable bonds is 8. The molecule has 0 aromatic heterocycles. The fraction of sp³-hybridized carbons (Fsp3) is 0.800. The fourth-order valence-corrected chi connectivity index (χ4v) is 1.09. The van der Waals surface area contributed by atoms with Crippen LogP contribution in [0.2, 0.25) is 0 Å². The van der Waals surface area contributed by atoms with Gasteiger partial charge in [0.05, 0.1) is 13.2 Å². The second kappa shape index (κ2) is 8.91. The van der Waals surface area contributed by atoms with Crippen molar-refractivity contribution >= 4 is 11.9 Å². The van der Waals surface area contributed by atoms with Crippen molar-refractivity contribution in [3.8, 4) is 0 Å². The summed E-state index contributed by atoms with van der Waals surface area (Å²) >= 11 is 0. The third kappa shape index (κ3) is 6.88. The Balaban J connectivity index is 4.11. The Morgan fingerprint density at radius 3 is 2.47 bits per heavy atom. The fourth-order valence-electron chi connectivity index (χ4n) is 1.09. The van der Waals surface area contributed by atoms with E-state index in [2.05, 4.69) is 10.1 Å². The van der Waals surface area contributed by atoms with Gasteiger partial charge in [-0.25, -0.2) is 4.79 Å². The third-order valence-electron chi connectivity index (χ3n) is 1.99. The van der Waals surface area contributed by atoms with Gasteiger partial charge in [0.15, 0.2) is 0 Å². The van der Waals surface area contributed by atoms with Crippen molar-refractivity contribution in [2.75, 3.05) is 26.6 Å². The van der Waals surface area contributed by atoms with E-state index in [-0.39, 0.29) is 25.7 Å². The van der Waals surface area contributed by atoms with E-state index in [1.54, 1.807) is 13.8 Å². The third-order valence-corrected chi connectivity index (χ3v) is 1.99. The highest BCUT2D eigenvalue weighted by Gasteiger charge is 2.24. The highest BCUT2D eigenvalue weighted by atomic mass is 16.6. The number of amides is 1. The van der Waals surface area contributed by atoms with E-state index < -0.39 is 24.7 Å². The van der Waals surface area contributed by atoms with Gasteiger partial charge in [0, 0.05) is 0 Å². The number of nitrogens with one attached hydrogen (secondary N) is 1. The first-order valence-corrected chi connectivity index (χ1v) is 5.37. The minimum absolute atomic E-state index is 0.0289. The predicted molar refractivity (Wildman–Crippen MR) is 59.8 cm³/mol. The number of hydrogen-bond donors (Lipinski definition) is 3. The highest BCUT2D eigenvalue weighted by molar-refractivity contribution is 5.85. The maximum atomic E-state index is 11.6. The molecule has 0 radical (unpaired) electrons. The SMILES string of the molecule is CC(C)[C@H](NC(=O)CN)C(=O)OCCOCO. The summed E-state index contributed by atoms with van der Waals surface area (Å²) in [4.78, 5) is 22.7. The lowest BCUT2D eigenvalue weighted by atomic mass is 10.0. The number of carbonyl (C=O) groups is 2. The molecular weight excluding hydrogens is 228 g/mol. The Kier molecular flexibility index (Phi) is 8.29. The molecule has 7 nitrogen and oxygen atoms in total. The summed E-state index contributed by atoms with van der Waals surface area (Å²) in [5.41, 5.74) is 5.15. The van der Waals surface area contributed by atoms with Crippen molar-refractivity contribution in [2.24, 2.45) is 11.7 Å². The normalized spacial score (nSPS) is 12.3. The number of aliphatic hydroxyl groups is 1. The molecule has 0 aromatic carbocycles. The monoisotopic (exact) mass is 248 g/mol. The average Bonchev–Trinajstić information content (AvgIpc) is 2.30. The summed E-state index contributed by atoms with van der Waals surface area (Å²) < 4.78 is 9.48. The van der Waals surface area contributed by atoms with Crippen molar-refractivity contribution in [3.63, 3.8) is 0 Å². The molecule has 4 N–H and O–H groups in total. The second-order valence-electron chi connectivity index (χ2n) is 3.70. The standard InChI is InChI=1S/C10H20N2O5/c1-7(2)9(12-8(14)5-11)10(15)17-4-3-16-6-13/h7,9,13H,3-6,11H2,1-2H3,(H,12,14)/t9-/m0/s1. The van der Waals surface area contributed by atoms with Crippen molar-refractivity contribution < 1.29 is 24.2 Å². The number of ether oxygens (including phenoxy) is 2. The maximum absolute atomic E-state index is 11.6. The topological polar surface area (TPSA) is 111 Å². The van der Waals surface area contributed by atoms with Crippen LogP contribution in [0.4, 0.5) is 0 Å². The minimum atomic E-state index is -0.722. The Hall–Kier alpha value is -1.18. The van der Waals surface area contributed by atoms with E-state index in [4.69, 9.17) is 15.6 Å². The van der Waals surface area contributed by atoms with Crippen LogP contribution in [0.3, 0.4) is 0 Å². The van der Waals surface area contributed by atoms with Crippen LogP contribution in [-0.4, -0.2) is 49.6 Å². The molecule has 1 amide bonds. The van der Waals surface area contributed by atoms with E-state index in [1.807, 2.05) is 0 Å². The quantitative estimate of drug-likeness (QED) is 0.277. The number of hydrogen-bond acceptors (Lipinski definition) is 6. The molecule has 0 unspecified atom stereocenters. The lowest BCUT2D eigenvalue weighted by Crippen LogP contribution is -2.47. The van der Waals surface area contributed by atoms with Crippen LogP contribution in [0.15, 0.2) is 0 Å². The Morgan fingerprint density at radius 1 is 1.35 bits per heavy atom. The molecule has 0 aliphatic heterocycles. The number of nitrogens with two attached hydrogens (primary N) is 1. The Bertz CT molecular complexity index is 245. The molecule has 100 valence electrons. The van der Waals surface area contributed by atoms with Gasteiger partial charge in [-0.05, 0) is 5.92 Å². The molecule has 0 saturated carbocycles. The molecule has 0 aliphatic rings. The molecule has 0 bridgehead atoms. The second-order valence-corrected chi connectivity index (χ2v) is 3.70. The predicted octanol–water partition coefficient (Wildman–Crippen LogP) is -1.40. The van der Waals surface area contributed by atoms with Crippen LogP contribution < -0.4 is 11.1 Å². The smallest absolute Gasteiger partial charge is 0.328 e. The van der Waals surface area contributed by atoms with Crippen molar-refractivity contribution in [3.05, 3.63) is 0 Å². The average molecular weight is 248 g/mol. The number of carbonyl (C=O) groups excluding carboxylic acids is 2. The molecule has 17 heavy (non-hydrogen) atoms. The molecule has 0 fully saturated rings. The first kappa shape index (κ1) is 15.8. The summed E-state index contributed by atoms with van der Waals surface area (Å²) in [6.07, 6.45) is 0. The van der Waals surface area contributed by atoms with Crippen LogP contribution >= 0.6 is 0 Å².